The Balaban J connectivity index is 2.26. The molecule has 6 heteroatoms. The minimum Gasteiger partial charge on any atom is -0.345 e. The van der Waals surface area contributed by atoms with Crippen molar-refractivity contribution in [1.29, 1.82) is 0 Å². The lowest BCUT2D eigenvalue weighted by molar-refractivity contribution is 0.0940. The Hall–Kier alpha value is -2.34. The fraction of sp³-hybridized carbons (Fsp3) is 0.278. The maximum Gasteiger partial charge on any atom is 0.253 e. The van der Waals surface area contributed by atoms with Crippen molar-refractivity contribution in [3.05, 3.63) is 65.2 Å². The molecule has 0 bridgehead atoms. The molecular formula is C18H22N2O3S. The van der Waals surface area contributed by atoms with Crippen LogP contribution in [0.4, 0.5) is 5.69 Å². The Morgan fingerprint density at radius 3 is 2.25 bits per heavy atom. The van der Waals surface area contributed by atoms with Crippen molar-refractivity contribution in [3.8, 4) is 0 Å². The predicted molar refractivity (Wildman–Crippen MR) is 96.7 cm³/mol. The molecule has 0 aliphatic heterocycles. The molecule has 0 fully saturated rings. The van der Waals surface area contributed by atoms with E-state index < -0.39 is 10.0 Å². The van der Waals surface area contributed by atoms with E-state index in [-0.39, 0.29) is 11.9 Å². The van der Waals surface area contributed by atoms with Crippen LogP contribution < -0.4 is 9.62 Å². The number of nitrogens with zero attached hydrogens (tertiary/aromatic N) is 1. The third-order valence-corrected chi connectivity index (χ3v) is 5.10. The number of sulfonamides is 1. The summed E-state index contributed by atoms with van der Waals surface area (Å²) in [6, 6.07) is 14.4. The molecule has 2 rings (SSSR count). The summed E-state index contributed by atoms with van der Waals surface area (Å²) in [4.78, 5) is 12.6. The molecule has 0 aliphatic rings. The van der Waals surface area contributed by atoms with Gasteiger partial charge in [0.15, 0.2) is 0 Å². The van der Waals surface area contributed by atoms with Gasteiger partial charge in [-0.2, -0.15) is 0 Å². The molecule has 1 atom stereocenters. The first-order valence-electron chi connectivity index (χ1n) is 7.60. The summed E-state index contributed by atoms with van der Waals surface area (Å²) in [5, 5.41) is 2.92. The summed E-state index contributed by atoms with van der Waals surface area (Å²) < 4.78 is 24.7. The molecule has 0 saturated heterocycles. The zero-order valence-corrected chi connectivity index (χ0v) is 15.1. The number of anilines is 1. The second kappa shape index (κ2) is 7.05. The largest absolute Gasteiger partial charge is 0.345 e. The SMILES string of the molecule is Cc1ccc([C@H](C)NC(=O)c2ccccc2N(C)S(C)(=O)=O)cc1. The van der Waals surface area contributed by atoms with Crippen LogP contribution in [-0.2, 0) is 10.0 Å². The molecule has 128 valence electrons. The van der Waals surface area contributed by atoms with Gasteiger partial charge in [-0.3, -0.25) is 9.10 Å². The smallest absolute Gasteiger partial charge is 0.253 e. The molecule has 0 saturated carbocycles. The quantitative estimate of drug-likeness (QED) is 0.905. The molecule has 2 aromatic rings. The molecule has 0 radical (unpaired) electrons. The Morgan fingerprint density at radius 2 is 1.67 bits per heavy atom. The number of carbonyl (C=O) groups excluding carboxylic acids is 1. The average molecular weight is 346 g/mol. The van der Waals surface area contributed by atoms with Crippen molar-refractivity contribution in [1.82, 2.24) is 5.32 Å². The monoisotopic (exact) mass is 346 g/mol. The molecule has 0 aromatic heterocycles. The van der Waals surface area contributed by atoms with Crippen molar-refractivity contribution in [2.75, 3.05) is 17.6 Å². The van der Waals surface area contributed by atoms with E-state index in [2.05, 4.69) is 5.32 Å². The molecule has 0 aliphatic carbocycles. The lowest BCUT2D eigenvalue weighted by Crippen LogP contribution is -2.31. The minimum atomic E-state index is -3.44. The zero-order chi connectivity index (χ0) is 17.9. The number of nitrogens with one attached hydrogen (secondary N) is 1. The van der Waals surface area contributed by atoms with Gasteiger partial charge in [0.2, 0.25) is 10.0 Å². The third-order valence-electron chi connectivity index (χ3n) is 3.91. The standard InChI is InChI=1S/C18H22N2O3S/c1-13-9-11-15(12-10-13)14(2)19-18(21)16-7-5-6-8-17(16)20(3)24(4,22)23/h5-12,14H,1-4H3,(H,19,21)/t14-/m0/s1. The normalized spacial score (nSPS) is 12.5. The molecule has 24 heavy (non-hydrogen) atoms. The van der Waals surface area contributed by atoms with Crippen molar-refractivity contribution in [3.63, 3.8) is 0 Å². The van der Waals surface area contributed by atoms with Gasteiger partial charge in [-0.05, 0) is 31.5 Å². The van der Waals surface area contributed by atoms with E-state index >= 15 is 0 Å². The maximum atomic E-state index is 12.6. The molecule has 1 amide bonds. The highest BCUT2D eigenvalue weighted by Crippen LogP contribution is 2.22. The first kappa shape index (κ1) is 18.0. The van der Waals surface area contributed by atoms with Crippen molar-refractivity contribution in [2.45, 2.75) is 19.9 Å². The van der Waals surface area contributed by atoms with Crippen LogP contribution in [0, 0.1) is 6.92 Å². The van der Waals surface area contributed by atoms with Gasteiger partial charge in [0.25, 0.3) is 5.91 Å². The van der Waals surface area contributed by atoms with Crippen LogP contribution in [0.2, 0.25) is 0 Å². The molecule has 0 unspecified atom stereocenters. The van der Waals surface area contributed by atoms with E-state index in [4.69, 9.17) is 0 Å². The number of hydrogen-bond acceptors (Lipinski definition) is 3. The summed E-state index contributed by atoms with van der Waals surface area (Å²) in [5.74, 6) is -0.311. The topological polar surface area (TPSA) is 66.5 Å². The minimum absolute atomic E-state index is 0.185. The van der Waals surface area contributed by atoms with Gasteiger partial charge < -0.3 is 5.32 Å². The van der Waals surface area contributed by atoms with E-state index in [1.54, 1.807) is 24.3 Å². The molecule has 0 heterocycles. The highest BCUT2D eigenvalue weighted by Gasteiger charge is 2.20. The van der Waals surface area contributed by atoms with E-state index in [0.29, 0.717) is 11.3 Å². The summed E-state index contributed by atoms with van der Waals surface area (Å²) in [6.07, 6.45) is 1.11. The predicted octanol–water partition coefficient (Wildman–Crippen LogP) is 2.88. The molecule has 2 aromatic carbocycles. The van der Waals surface area contributed by atoms with Crippen molar-refractivity contribution >= 4 is 21.6 Å². The number of para-hydroxylation sites is 1. The Morgan fingerprint density at radius 1 is 1.08 bits per heavy atom. The number of hydrogen-bond donors (Lipinski definition) is 1. The number of carbonyl (C=O) groups is 1. The van der Waals surface area contributed by atoms with Gasteiger partial charge in [0, 0.05) is 7.05 Å². The number of amides is 1. The number of benzene rings is 2. The van der Waals surface area contributed by atoms with Gasteiger partial charge in [-0.25, -0.2) is 8.42 Å². The van der Waals surface area contributed by atoms with Gasteiger partial charge in [-0.1, -0.05) is 42.0 Å². The van der Waals surface area contributed by atoms with Crippen molar-refractivity contribution < 1.29 is 13.2 Å². The summed E-state index contributed by atoms with van der Waals surface area (Å²) in [7, 11) is -2.01. The first-order chi connectivity index (χ1) is 11.2. The molecular weight excluding hydrogens is 324 g/mol. The van der Waals surface area contributed by atoms with Gasteiger partial charge >= 0.3 is 0 Å². The fourth-order valence-corrected chi connectivity index (χ4v) is 2.85. The van der Waals surface area contributed by atoms with Crippen LogP contribution in [0.5, 0.6) is 0 Å². The highest BCUT2D eigenvalue weighted by atomic mass is 32.2. The van der Waals surface area contributed by atoms with Crippen molar-refractivity contribution in [2.24, 2.45) is 0 Å². The maximum absolute atomic E-state index is 12.6. The van der Waals surface area contributed by atoms with Crippen LogP contribution in [-0.4, -0.2) is 27.6 Å². The van der Waals surface area contributed by atoms with E-state index in [9.17, 15) is 13.2 Å². The van der Waals surface area contributed by atoms with Crippen LogP contribution in [0.1, 0.15) is 34.5 Å². The van der Waals surface area contributed by atoms with Crippen LogP contribution in [0.15, 0.2) is 48.5 Å². The lowest BCUT2D eigenvalue weighted by atomic mass is 10.1. The summed E-state index contributed by atoms with van der Waals surface area (Å²) in [5.41, 5.74) is 2.82. The van der Waals surface area contributed by atoms with Crippen LogP contribution in [0.3, 0.4) is 0 Å². The Labute approximate surface area is 143 Å². The van der Waals surface area contributed by atoms with Gasteiger partial charge in [0.05, 0.1) is 23.5 Å². The third kappa shape index (κ3) is 4.14. The lowest BCUT2D eigenvalue weighted by Gasteiger charge is -2.21. The Bertz CT molecular complexity index is 830. The molecule has 1 N–H and O–H groups in total. The zero-order valence-electron chi connectivity index (χ0n) is 14.3. The van der Waals surface area contributed by atoms with Gasteiger partial charge in [-0.15, -0.1) is 0 Å². The summed E-state index contributed by atoms with van der Waals surface area (Å²) >= 11 is 0. The molecule has 0 spiro atoms. The van der Waals surface area contributed by atoms with E-state index in [0.717, 1.165) is 21.7 Å². The van der Waals surface area contributed by atoms with Crippen LogP contribution in [0.25, 0.3) is 0 Å². The first-order valence-corrected chi connectivity index (χ1v) is 9.45. The number of rotatable bonds is 5. The average Bonchev–Trinajstić information content (AvgIpc) is 2.53. The fourth-order valence-electron chi connectivity index (χ4n) is 2.33. The second-order valence-electron chi connectivity index (χ2n) is 5.85. The van der Waals surface area contributed by atoms with E-state index in [1.807, 2.05) is 38.1 Å². The Kier molecular flexibility index (Phi) is 5.29. The molecule has 5 nitrogen and oxygen atoms in total. The van der Waals surface area contributed by atoms with Crippen LogP contribution >= 0.6 is 0 Å². The van der Waals surface area contributed by atoms with Gasteiger partial charge in [0.1, 0.15) is 0 Å². The number of aryl methyl sites for hydroxylation is 1. The second-order valence-corrected chi connectivity index (χ2v) is 7.87. The summed E-state index contributed by atoms with van der Waals surface area (Å²) in [6.45, 7) is 3.90. The highest BCUT2D eigenvalue weighted by molar-refractivity contribution is 7.92. The van der Waals surface area contributed by atoms with E-state index in [1.165, 1.54) is 7.05 Å².